The van der Waals surface area contributed by atoms with Crippen LogP contribution in [0.25, 0.3) is 0 Å². The second-order valence-electron chi connectivity index (χ2n) is 5.32. The molecule has 3 N–H and O–H groups in total. The zero-order valence-electron chi connectivity index (χ0n) is 11.8. The molecule has 1 aromatic rings. The molecular weight excluding hydrogens is 283 g/mol. The third kappa shape index (κ3) is 5.35. The number of carbonyl (C=O) groups excluding carboxylic acids is 1. The molecule has 0 saturated carbocycles. The summed E-state index contributed by atoms with van der Waals surface area (Å²) >= 11 is 0. The van der Waals surface area contributed by atoms with E-state index in [1.807, 2.05) is 0 Å². The van der Waals surface area contributed by atoms with Crippen molar-refractivity contribution in [1.82, 2.24) is 10.3 Å². The Labute approximate surface area is 120 Å². The first-order valence-electron chi connectivity index (χ1n) is 6.12. The summed E-state index contributed by atoms with van der Waals surface area (Å²) in [6.45, 7) is 4.84. The number of aliphatic carboxylic acids is 1. The first kappa shape index (κ1) is 16.8. The maximum Gasteiger partial charge on any atom is 0.408 e. The number of nitrogens with one attached hydrogen (secondary N) is 1. The van der Waals surface area contributed by atoms with Crippen LogP contribution in [0.1, 0.15) is 32.4 Å². The van der Waals surface area contributed by atoms with Gasteiger partial charge in [-0.05, 0) is 26.8 Å². The van der Waals surface area contributed by atoms with Crippen molar-refractivity contribution in [2.75, 3.05) is 0 Å². The number of carbonyl (C=O) groups is 2. The van der Waals surface area contributed by atoms with Crippen LogP contribution in [0.5, 0.6) is 0 Å². The summed E-state index contributed by atoms with van der Waals surface area (Å²) in [7, 11) is 0. The van der Waals surface area contributed by atoms with Crippen LogP contribution in [0.4, 0.5) is 9.18 Å². The molecule has 0 radical (unpaired) electrons. The molecule has 1 aromatic heterocycles. The quantitative estimate of drug-likeness (QED) is 0.722. The standard InChI is InChI=1S/C13H17FN2O5/c1-13(2,3)21-12(20)16-9(11(18)19)10(17)7-4-5-8(14)15-6-7/h4-6,9-10,17H,1-3H3,(H,16,20)(H,18,19)/t9-,10-/m1/s1. The summed E-state index contributed by atoms with van der Waals surface area (Å²) in [5.74, 6) is -2.23. The van der Waals surface area contributed by atoms with E-state index in [2.05, 4.69) is 10.3 Å². The van der Waals surface area contributed by atoms with Crippen LogP contribution in [-0.2, 0) is 9.53 Å². The number of carboxylic acids is 1. The number of carboxylic acid groups (broad SMARTS) is 1. The van der Waals surface area contributed by atoms with E-state index in [1.165, 1.54) is 6.07 Å². The van der Waals surface area contributed by atoms with Crippen LogP contribution in [-0.4, -0.2) is 38.9 Å². The molecule has 0 saturated heterocycles. The highest BCUT2D eigenvalue weighted by Gasteiger charge is 2.31. The number of aromatic nitrogens is 1. The second kappa shape index (κ2) is 6.49. The second-order valence-corrected chi connectivity index (χ2v) is 5.32. The van der Waals surface area contributed by atoms with Gasteiger partial charge < -0.3 is 20.3 Å². The van der Waals surface area contributed by atoms with Gasteiger partial charge in [0, 0.05) is 11.8 Å². The first-order valence-corrected chi connectivity index (χ1v) is 6.12. The monoisotopic (exact) mass is 300 g/mol. The molecule has 0 bridgehead atoms. The van der Waals surface area contributed by atoms with Gasteiger partial charge in [0.15, 0.2) is 6.04 Å². The van der Waals surface area contributed by atoms with Crippen molar-refractivity contribution >= 4 is 12.1 Å². The Morgan fingerprint density at radius 3 is 2.43 bits per heavy atom. The average molecular weight is 300 g/mol. The van der Waals surface area contributed by atoms with Crippen molar-refractivity contribution in [3.63, 3.8) is 0 Å². The number of alkyl carbamates (subject to hydrolysis) is 1. The Balaban J connectivity index is 2.84. The molecule has 1 heterocycles. The molecule has 0 spiro atoms. The van der Waals surface area contributed by atoms with E-state index in [9.17, 15) is 19.1 Å². The van der Waals surface area contributed by atoms with Gasteiger partial charge in [0.25, 0.3) is 0 Å². The fraction of sp³-hybridized carbons (Fsp3) is 0.462. The maximum atomic E-state index is 12.7. The number of hydrogen-bond donors (Lipinski definition) is 3. The van der Waals surface area contributed by atoms with Gasteiger partial charge in [-0.3, -0.25) is 0 Å². The van der Waals surface area contributed by atoms with Crippen LogP contribution < -0.4 is 5.32 Å². The van der Waals surface area contributed by atoms with Gasteiger partial charge in [0.05, 0.1) is 0 Å². The highest BCUT2D eigenvalue weighted by atomic mass is 19.1. The average Bonchev–Trinajstić information content (AvgIpc) is 2.33. The van der Waals surface area contributed by atoms with Crippen molar-refractivity contribution in [3.05, 3.63) is 29.8 Å². The number of aliphatic hydroxyl groups excluding tert-OH is 1. The number of aliphatic hydroxyl groups is 1. The van der Waals surface area contributed by atoms with E-state index in [1.54, 1.807) is 20.8 Å². The zero-order chi connectivity index (χ0) is 16.2. The van der Waals surface area contributed by atoms with Gasteiger partial charge in [-0.15, -0.1) is 0 Å². The lowest BCUT2D eigenvalue weighted by molar-refractivity contribution is -0.142. The minimum Gasteiger partial charge on any atom is -0.480 e. The van der Waals surface area contributed by atoms with E-state index < -0.39 is 35.8 Å². The summed E-state index contributed by atoms with van der Waals surface area (Å²) in [6.07, 6.45) is -1.58. The molecule has 116 valence electrons. The Morgan fingerprint density at radius 2 is 2.00 bits per heavy atom. The van der Waals surface area contributed by atoms with Gasteiger partial charge >= 0.3 is 12.1 Å². The lowest BCUT2D eigenvalue weighted by atomic mass is 10.0. The van der Waals surface area contributed by atoms with E-state index in [0.29, 0.717) is 0 Å². The van der Waals surface area contributed by atoms with Crippen molar-refractivity contribution in [2.24, 2.45) is 0 Å². The van der Waals surface area contributed by atoms with E-state index >= 15 is 0 Å². The Hall–Kier alpha value is -2.22. The molecule has 8 heteroatoms. The molecule has 0 aliphatic rings. The van der Waals surface area contributed by atoms with Gasteiger partial charge in [-0.2, -0.15) is 4.39 Å². The van der Waals surface area contributed by atoms with E-state index in [-0.39, 0.29) is 5.56 Å². The lowest BCUT2D eigenvalue weighted by Gasteiger charge is -2.24. The highest BCUT2D eigenvalue weighted by Crippen LogP contribution is 2.17. The zero-order valence-corrected chi connectivity index (χ0v) is 11.8. The molecular formula is C13H17FN2O5. The van der Waals surface area contributed by atoms with Crippen molar-refractivity contribution in [1.29, 1.82) is 0 Å². The molecule has 0 aromatic carbocycles. The smallest absolute Gasteiger partial charge is 0.408 e. The van der Waals surface area contributed by atoms with Gasteiger partial charge in [-0.1, -0.05) is 6.07 Å². The third-order valence-electron chi connectivity index (χ3n) is 2.35. The van der Waals surface area contributed by atoms with Crippen LogP contribution in [0.15, 0.2) is 18.3 Å². The van der Waals surface area contributed by atoms with Crippen LogP contribution >= 0.6 is 0 Å². The molecule has 0 aliphatic heterocycles. The summed E-state index contributed by atoms with van der Waals surface area (Å²) in [6, 6.07) is 0.511. The molecule has 0 fully saturated rings. The normalized spacial score (nSPS) is 14.1. The SMILES string of the molecule is CC(C)(C)OC(=O)N[C@@H](C(=O)O)[C@H](O)c1ccc(F)nc1. The number of pyridine rings is 1. The minimum absolute atomic E-state index is 0.0554. The maximum absolute atomic E-state index is 12.7. The number of hydrogen-bond acceptors (Lipinski definition) is 5. The lowest BCUT2D eigenvalue weighted by Crippen LogP contribution is -2.46. The first-order chi connectivity index (χ1) is 9.60. The number of rotatable bonds is 4. The molecule has 1 amide bonds. The number of amides is 1. The van der Waals surface area contributed by atoms with Crippen molar-refractivity contribution in [2.45, 2.75) is 38.5 Å². The predicted molar refractivity (Wildman–Crippen MR) is 69.9 cm³/mol. The summed E-state index contributed by atoms with van der Waals surface area (Å²) in [5.41, 5.74) is -0.755. The number of ether oxygens (including phenoxy) is 1. The third-order valence-corrected chi connectivity index (χ3v) is 2.35. The van der Waals surface area contributed by atoms with Crippen LogP contribution in [0.3, 0.4) is 0 Å². The van der Waals surface area contributed by atoms with Crippen molar-refractivity contribution in [3.8, 4) is 0 Å². The molecule has 7 nitrogen and oxygen atoms in total. The van der Waals surface area contributed by atoms with Crippen LogP contribution in [0.2, 0.25) is 0 Å². The topological polar surface area (TPSA) is 109 Å². The summed E-state index contributed by atoms with van der Waals surface area (Å²) in [4.78, 5) is 26.1. The van der Waals surface area contributed by atoms with E-state index in [4.69, 9.17) is 9.84 Å². The van der Waals surface area contributed by atoms with E-state index in [0.717, 1.165) is 12.3 Å². The molecule has 0 unspecified atom stereocenters. The highest BCUT2D eigenvalue weighted by molar-refractivity contribution is 5.80. The predicted octanol–water partition coefficient (Wildman–Crippen LogP) is 1.23. The number of halogens is 1. The molecule has 0 aliphatic carbocycles. The molecule has 21 heavy (non-hydrogen) atoms. The van der Waals surface area contributed by atoms with Gasteiger partial charge in [0.1, 0.15) is 11.7 Å². The molecule has 1 rings (SSSR count). The summed E-state index contributed by atoms with van der Waals surface area (Å²) in [5, 5.41) is 21.1. The largest absolute Gasteiger partial charge is 0.480 e. The molecule has 2 atom stereocenters. The fourth-order valence-electron chi connectivity index (χ4n) is 1.46. The van der Waals surface area contributed by atoms with Crippen LogP contribution in [0, 0.1) is 5.95 Å². The Kier molecular flexibility index (Phi) is 5.20. The number of nitrogens with zero attached hydrogens (tertiary/aromatic N) is 1. The Morgan fingerprint density at radius 1 is 1.38 bits per heavy atom. The fourth-order valence-corrected chi connectivity index (χ4v) is 1.46. The van der Waals surface area contributed by atoms with Gasteiger partial charge in [0.2, 0.25) is 5.95 Å². The summed E-state index contributed by atoms with van der Waals surface area (Å²) < 4.78 is 17.6. The minimum atomic E-state index is -1.65. The van der Waals surface area contributed by atoms with Crippen molar-refractivity contribution < 1.29 is 28.9 Å². The van der Waals surface area contributed by atoms with Gasteiger partial charge in [-0.25, -0.2) is 14.6 Å². The Bertz CT molecular complexity index is 512.